The Morgan fingerprint density at radius 1 is 0.538 bits per heavy atom. The maximum absolute atomic E-state index is 14.3. The molecule has 31 nitrogen and oxygen atoms in total. The van der Waals surface area contributed by atoms with E-state index >= 15 is 0 Å². The molecule has 3 heterocycles. The first-order valence-corrected chi connectivity index (χ1v) is 32.3. The van der Waals surface area contributed by atoms with Crippen LogP contribution in [0.1, 0.15) is 113 Å². The van der Waals surface area contributed by atoms with Crippen molar-refractivity contribution in [2.24, 2.45) is 17.2 Å². The molecule has 5 rings (SSSR count). The minimum absolute atomic E-state index is 0.00506. The first kappa shape index (κ1) is 75.8. The van der Waals surface area contributed by atoms with Crippen molar-refractivity contribution >= 4 is 53.4 Å². The number of aromatic nitrogens is 3. The van der Waals surface area contributed by atoms with E-state index in [0.717, 1.165) is 5.56 Å². The molecule has 93 heavy (non-hydrogen) atoms. The van der Waals surface area contributed by atoms with Gasteiger partial charge in [-0.05, 0) is 120 Å². The molecule has 1 aromatic heterocycles. The molecule has 0 saturated carbocycles. The molecular formula is C62H99N17O14. The molecule has 0 bridgehead atoms. The third-order valence-corrected chi connectivity index (χ3v) is 16.3. The predicted molar refractivity (Wildman–Crippen MR) is 345 cm³/mol. The fourth-order valence-corrected chi connectivity index (χ4v) is 11.1. The Morgan fingerprint density at radius 3 is 1.44 bits per heavy atom. The number of hydrogen-bond acceptors (Lipinski definition) is 21. The molecule has 2 aliphatic rings. The van der Waals surface area contributed by atoms with Gasteiger partial charge in [-0.1, -0.05) is 26.0 Å². The number of unbranched alkanes of at least 4 members (excludes halogenated alkanes) is 3. The molecule has 0 aliphatic carbocycles. The fourth-order valence-electron chi connectivity index (χ4n) is 11.1. The standard InChI is InChI=1S/C62H99N17O14/c1-4-66-62(93)58-72-71-57(46-35-45(42(2)3)50(80)36-51(46)81)79(58)44-16-14-43(15-17-44)37-73-31-33-78(34-32-73)53(83)18-22-67-59(90)47(11-5-8-19-63)69-61(92)49(13-7-10-21-65)70-60(91)48(12-6-9-20-64)68-52(82)38-74-23-25-75(39-54(84)85)27-29-77(41-56(88)89)30-28-76(26-24-74)40-55(86)87/h14-17,35-36,42,47-49,80-81H,4-13,18-34,37-41,63-65H2,1-3H3,(H,66,93)(H,67,90)(H,68,82)(H,69,92)(H,70,91)(H,84,85)(H,86,87)(H,88,89)/t47-,48-,49-/m1/s1. The van der Waals surface area contributed by atoms with Crippen molar-refractivity contribution in [2.75, 3.05) is 137 Å². The van der Waals surface area contributed by atoms with Gasteiger partial charge < -0.3 is 74.2 Å². The second kappa shape index (κ2) is 39.6. The van der Waals surface area contributed by atoms with E-state index in [1.165, 1.54) is 6.07 Å². The molecule has 31 heteroatoms. The number of rotatable bonds is 36. The van der Waals surface area contributed by atoms with Gasteiger partial charge in [-0.3, -0.25) is 72.2 Å². The van der Waals surface area contributed by atoms with Crippen LogP contribution in [0.25, 0.3) is 17.1 Å². The third kappa shape index (κ3) is 25.5. The molecule has 2 saturated heterocycles. The van der Waals surface area contributed by atoms with Crippen molar-refractivity contribution in [2.45, 2.75) is 116 Å². The normalized spacial score (nSPS) is 16.1. The summed E-state index contributed by atoms with van der Waals surface area (Å²) in [6.07, 6.45) is 3.44. The lowest BCUT2D eigenvalue weighted by molar-refractivity contribution is -0.140. The number of aliphatic carboxylic acids is 3. The lowest BCUT2D eigenvalue weighted by Crippen LogP contribution is -2.57. The molecule has 0 radical (unpaired) electrons. The second-order valence-electron chi connectivity index (χ2n) is 23.9. The quantitative estimate of drug-likeness (QED) is 0.0301. The van der Waals surface area contributed by atoms with Gasteiger partial charge in [-0.25, -0.2) is 0 Å². The number of phenols is 2. The van der Waals surface area contributed by atoms with E-state index in [1.807, 2.05) is 38.1 Å². The number of nitrogens with zero attached hydrogens (tertiary/aromatic N) is 9. The number of phenolic OH excluding ortho intramolecular Hbond substituents is 2. The monoisotopic (exact) mass is 1310 g/mol. The first-order valence-electron chi connectivity index (χ1n) is 32.3. The van der Waals surface area contributed by atoms with Crippen molar-refractivity contribution < 1.29 is 68.7 Å². The van der Waals surface area contributed by atoms with Crippen LogP contribution in [0, 0.1) is 0 Å². The van der Waals surface area contributed by atoms with Crippen LogP contribution in [-0.4, -0.2) is 279 Å². The van der Waals surface area contributed by atoms with Gasteiger partial charge in [0.2, 0.25) is 35.4 Å². The minimum Gasteiger partial charge on any atom is -0.508 e. The first-order chi connectivity index (χ1) is 44.5. The van der Waals surface area contributed by atoms with Crippen molar-refractivity contribution in [3.63, 3.8) is 0 Å². The van der Waals surface area contributed by atoms with E-state index in [-0.39, 0.29) is 146 Å². The van der Waals surface area contributed by atoms with Crippen LogP contribution in [0.4, 0.5) is 0 Å². The topological polar surface area (TPSA) is 443 Å². The number of carboxylic acids is 3. The average molecular weight is 1310 g/mol. The summed E-state index contributed by atoms with van der Waals surface area (Å²) in [7, 11) is 0. The van der Waals surface area contributed by atoms with Gasteiger partial charge in [-0.2, -0.15) is 0 Å². The Balaban J connectivity index is 1.19. The van der Waals surface area contributed by atoms with Crippen molar-refractivity contribution in [3.05, 3.63) is 53.3 Å². The summed E-state index contributed by atoms with van der Waals surface area (Å²) < 4.78 is 1.57. The van der Waals surface area contributed by atoms with Gasteiger partial charge in [-0.15, -0.1) is 10.2 Å². The number of amides is 6. The number of carbonyl (C=O) groups is 9. The Kier molecular flexibility index (Phi) is 32.3. The smallest absolute Gasteiger partial charge is 0.317 e. The van der Waals surface area contributed by atoms with Crippen molar-refractivity contribution in [1.82, 2.24) is 70.7 Å². The molecule has 0 spiro atoms. The van der Waals surface area contributed by atoms with Crippen LogP contribution in [0.3, 0.4) is 0 Å². The number of carboxylic acid groups (broad SMARTS) is 3. The summed E-state index contributed by atoms with van der Waals surface area (Å²) in [5, 5.41) is 72.9. The van der Waals surface area contributed by atoms with E-state index in [2.05, 4.69) is 41.7 Å². The molecule has 16 N–H and O–H groups in total. The Bertz CT molecular complexity index is 2890. The number of benzene rings is 2. The van der Waals surface area contributed by atoms with Gasteiger partial charge in [0, 0.05) is 116 Å². The summed E-state index contributed by atoms with van der Waals surface area (Å²) >= 11 is 0. The van der Waals surface area contributed by atoms with Crippen LogP contribution in [0.5, 0.6) is 11.5 Å². The number of hydrogen-bond donors (Lipinski definition) is 13. The van der Waals surface area contributed by atoms with Gasteiger partial charge in [0.25, 0.3) is 5.91 Å². The Morgan fingerprint density at radius 2 is 0.989 bits per heavy atom. The molecule has 3 aromatic rings. The van der Waals surface area contributed by atoms with E-state index in [9.17, 15) is 68.7 Å². The minimum atomic E-state index is -1.15. The number of nitrogens with one attached hydrogen (secondary N) is 5. The lowest BCUT2D eigenvalue weighted by Gasteiger charge is -2.35. The van der Waals surface area contributed by atoms with Crippen LogP contribution in [0.15, 0.2) is 36.4 Å². The number of aromatic hydroxyl groups is 2. The van der Waals surface area contributed by atoms with Gasteiger partial charge in [0.05, 0.1) is 31.7 Å². The Labute approximate surface area is 543 Å². The summed E-state index contributed by atoms with van der Waals surface area (Å²) in [6, 6.07) is 7.06. The van der Waals surface area contributed by atoms with E-state index < -0.39 is 65.6 Å². The van der Waals surface area contributed by atoms with Crippen LogP contribution < -0.4 is 43.8 Å². The molecule has 2 aliphatic heterocycles. The maximum Gasteiger partial charge on any atom is 0.317 e. The fraction of sp³-hybridized carbons (Fsp3) is 0.629. The molecule has 516 valence electrons. The van der Waals surface area contributed by atoms with Crippen molar-refractivity contribution in [3.8, 4) is 28.6 Å². The summed E-state index contributed by atoms with van der Waals surface area (Å²) in [4.78, 5) is 129. The summed E-state index contributed by atoms with van der Waals surface area (Å²) in [6.45, 7) is 9.63. The SMILES string of the molecule is CCNC(=O)c1nnc(-c2cc(C(C)C)c(O)cc2O)n1-c1ccc(CN2CCN(C(=O)CCNC(=O)[C@@H](CCCCN)NC(=O)[C@@H](CCCCN)NC(=O)[C@@H](CCCCN)NC(=O)CN3CCN(CC(=O)O)CCN(CC(=O)O)CCN(CC(=O)O)CC3)CC2)cc1. The third-order valence-electron chi connectivity index (χ3n) is 16.3. The zero-order valence-corrected chi connectivity index (χ0v) is 54.1. The maximum atomic E-state index is 14.3. The molecular weight excluding hydrogens is 1210 g/mol. The zero-order chi connectivity index (χ0) is 68.0. The lowest BCUT2D eigenvalue weighted by atomic mass is 9.98. The van der Waals surface area contributed by atoms with Crippen LogP contribution in [0.2, 0.25) is 0 Å². The van der Waals surface area contributed by atoms with Crippen LogP contribution >= 0.6 is 0 Å². The highest BCUT2D eigenvalue weighted by atomic mass is 16.4. The highest BCUT2D eigenvalue weighted by Crippen LogP contribution is 2.38. The van der Waals surface area contributed by atoms with Crippen molar-refractivity contribution in [1.29, 1.82) is 0 Å². The number of nitrogens with two attached hydrogens (primary N) is 3. The Hall–Kier alpha value is -7.91. The predicted octanol–water partition coefficient (Wildman–Crippen LogP) is -1.31. The molecule has 6 amide bonds. The molecule has 2 aromatic carbocycles. The number of piperazine rings is 1. The summed E-state index contributed by atoms with van der Waals surface area (Å²) in [5.74, 6) is -6.43. The van der Waals surface area contributed by atoms with Gasteiger partial charge in [0.1, 0.15) is 29.6 Å². The molecule has 3 atom stereocenters. The van der Waals surface area contributed by atoms with E-state index in [4.69, 9.17) is 17.2 Å². The van der Waals surface area contributed by atoms with Gasteiger partial charge >= 0.3 is 17.9 Å². The van der Waals surface area contributed by atoms with E-state index in [0.29, 0.717) is 114 Å². The second-order valence-corrected chi connectivity index (χ2v) is 23.9. The average Bonchev–Trinajstić information content (AvgIpc) is 1.71. The molecule has 2 fully saturated rings. The summed E-state index contributed by atoms with van der Waals surface area (Å²) in [5.41, 5.74) is 19.9. The molecule has 0 unspecified atom stereocenters. The number of carbonyl (C=O) groups excluding carboxylic acids is 6. The van der Waals surface area contributed by atoms with Gasteiger partial charge in [0.15, 0.2) is 5.82 Å². The van der Waals surface area contributed by atoms with Crippen LogP contribution in [-0.2, 0) is 44.9 Å². The largest absolute Gasteiger partial charge is 0.508 e. The highest BCUT2D eigenvalue weighted by molar-refractivity contribution is 5.95. The zero-order valence-electron chi connectivity index (χ0n) is 54.1. The highest BCUT2D eigenvalue weighted by Gasteiger charge is 2.32. The van der Waals surface area contributed by atoms with E-state index in [1.54, 1.807) is 42.1 Å².